The lowest BCUT2D eigenvalue weighted by Gasteiger charge is -2.35. The van der Waals surface area contributed by atoms with Crippen LogP contribution in [0.5, 0.6) is 0 Å². The Morgan fingerprint density at radius 2 is 1.52 bits per heavy atom. The summed E-state index contributed by atoms with van der Waals surface area (Å²) in [6.45, 7) is 1.65. The first-order valence-electron chi connectivity index (χ1n) is 6.21. The van der Waals surface area contributed by atoms with Crippen LogP contribution in [-0.2, 0) is 4.79 Å². The molecule has 1 aromatic carbocycles. The van der Waals surface area contributed by atoms with Gasteiger partial charge in [0.2, 0.25) is 0 Å². The van der Waals surface area contributed by atoms with Gasteiger partial charge in [-0.3, -0.25) is 9.59 Å². The first-order valence-corrected chi connectivity index (χ1v) is 7.84. The average Bonchev–Trinajstić information content (AvgIpc) is 2.48. The van der Waals surface area contributed by atoms with Crippen LogP contribution >= 0.6 is 46.4 Å². The summed E-state index contributed by atoms with van der Waals surface area (Å²) >= 11 is 22.9. The highest BCUT2D eigenvalue weighted by Crippen LogP contribution is 2.23. The molecule has 0 spiro atoms. The van der Waals surface area contributed by atoms with Crippen molar-refractivity contribution < 1.29 is 9.59 Å². The molecule has 1 fully saturated rings. The Morgan fingerprint density at radius 3 is 2.05 bits per heavy atom. The largest absolute Gasteiger partial charge is 0.337 e. The highest BCUT2D eigenvalue weighted by atomic mass is 35.5. The lowest BCUT2D eigenvalue weighted by molar-refractivity contribution is -0.130. The van der Waals surface area contributed by atoms with Crippen molar-refractivity contribution in [3.05, 3.63) is 33.8 Å². The number of rotatable bonds is 2. The lowest BCUT2D eigenvalue weighted by atomic mass is 10.2. The summed E-state index contributed by atoms with van der Waals surface area (Å²) in [5, 5.41) is 0.738. The Bertz CT molecular complexity index is 557. The average molecular weight is 370 g/mol. The van der Waals surface area contributed by atoms with Gasteiger partial charge in [0, 0.05) is 31.7 Å². The zero-order chi connectivity index (χ0) is 15.6. The molecule has 2 amide bonds. The number of carbonyl (C=O) groups excluding carboxylic acids is 2. The number of piperazine rings is 1. The third-order valence-electron chi connectivity index (χ3n) is 3.23. The standard InChI is InChI=1S/C13H12Cl4N2O2/c14-9-2-1-8(7-10(9)15)12(20)18-3-5-19(6-4-18)13(21)11(16)17/h1-2,7,11H,3-6H2. The van der Waals surface area contributed by atoms with Crippen LogP contribution < -0.4 is 0 Å². The molecule has 0 aliphatic carbocycles. The molecular formula is C13H12Cl4N2O2. The molecule has 1 aliphatic heterocycles. The zero-order valence-electron chi connectivity index (χ0n) is 10.9. The first kappa shape index (κ1) is 16.7. The number of nitrogens with zero attached hydrogens (tertiary/aromatic N) is 2. The molecule has 2 rings (SSSR count). The highest BCUT2D eigenvalue weighted by molar-refractivity contribution is 6.53. The summed E-state index contributed by atoms with van der Waals surface area (Å²) < 4.78 is 0. The molecule has 0 radical (unpaired) electrons. The van der Waals surface area contributed by atoms with Crippen LogP contribution in [0, 0.1) is 0 Å². The van der Waals surface area contributed by atoms with E-state index in [1.807, 2.05) is 0 Å². The molecule has 114 valence electrons. The van der Waals surface area contributed by atoms with E-state index in [1.165, 1.54) is 6.07 Å². The van der Waals surface area contributed by atoms with E-state index >= 15 is 0 Å². The van der Waals surface area contributed by atoms with E-state index in [-0.39, 0.29) is 11.8 Å². The minimum Gasteiger partial charge on any atom is -0.337 e. The summed E-state index contributed by atoms with van der Waals surface area (Å²) in [5.41, 5.74) is 0.469. The van der Waals surface area contributed by atoms with Crippen LogP contribution in [0.25, 0.3) is 0 Å². The number of carbonyl (C=O) groups is 2. The zero-order valence-corrected chi connectivity index (χ0v) is 13.9. The Balaban J connectivity index is 2.00. The predicted octanol–water partition coefficient (Wildman–Crippen LogP) is 3.08. The Hall–Kier alpha value is -0.680. The molecule has 1 aromatic rings. The van der Waals surface area contributed by atoms with Gasteiger partial charge < -0.3 is 9.80 Å². The minimum absolute atomic E-state index is 0.144. The molecule has 0 unspecified atom stereocenters. The van der Waals surface area contributed by atoms with Gasteiger partial charge in [-0.2, -0.15) is 0 Å². The Labute approximate surface area is 142 Å². The molecular weight excluding hydrogens is 358 g/mol. The van der Waals surface area contributed by atoms with Crippen molar-refractivity contribution in [3.8, 4) is 0 Å². The molecule has 0 aromatic heterocycles. The van der Waals surface area contributed by atoms with Gasteiger partial charge in [0.05, 0.1) is 10.0 Å². The van der Waals surface area contributed by atoms with E-state index in [2.05, 4.69) is 0 Å². The molecule has 0 N–H and O–H groups in total. The maximum absolute atomic E-state index is 12.3. The molecule has 1 aliphatic rings. The summed E-state index contributed by atoms with van der Waals surface area (Å²) in [5.74, 6) is -0.478. The topological polar surface area (TPSA) is 40.6 Å². The van der Waals surface area contributed by atoms with Crippen LogP contribution in [0.1, 0.15) is 10.4 Å². The summed E-state index contributed by atoms with van der Waals surface area (Å²) in [6, 6.07) is 4.75. The number of halogens is 4. The maximum Gasteiger partial charge on any atom is 0.255 e. The van der Waals surface area contributed by atoms with Gasteiger partial charge in [-0.15, -0.1) is 0 Å². The van der Waals surface area contributed by atoms with Gasteiger partial charge in [-0.25, -0.2) is 0 Å². The van der Waals surface area contributed by atoms with Crippen LogP contribution in [0.4, 0.5) is 0 Å². The molecule has 0 saturated carbocycles. The number of alkyl halides is 2. The third-order valence-corrected chi connectivity index (χ3v) is 4.34. The monoisotopic (exact) mass is 368 g/mol. The molecule has 1 saturated heterocycles. The first-order chi connectivity index (χ1) is 9.90. The van der Waals surface area contributed by atoms with Crippen molar-refractivity contribution in [2.45, 2.75) is 4.84 Å². The summed E-state index contributed by atoms with van der Waals surface area (Å²) in [4.78, 5) is 26.1. The molecule has 0 atom stereocenters. The molecule has 0 bridgehead atoms. The predicted molar refractivity (Wildman–Crippen MR) is 84.4 cm³/mol. The molecule has 1 heterocycles. The van der Waals surface area contributed by atoms with Crippen LogP contribution in [0.15, 0.2) is 18.2 Å². The highest BCUT2D eigenvalue weighted by Gasteiger charge is 2.27. The number of benzene rings is 1. The second-order valence-electron chi connectivity index (χ2n) is 4.55. The maximum atomic E-state index is 12.3. The minimum atomic E-state index is -1.07. The van der Waals surface area contributed by atoms with E-state index in [0.717, 1.165) is 0 Å². The molecule has 4 nitrogen and oxygen atoms in total. The van der Waals surface area contributed by atoms with Crippen molar-refractivity contribution >= 4 is 58.2 Å². The number of amides is 2. The van der Waals surface area contributed by atoms with E-state index in [1.54, 1.807) is 21.9 Å². The van der Waals surface area contributed by atoms with Crippen molar-refractivity contribution in [2.75, 3.05) is 26.2 Å². The lowest BCUT2D eigenvalue weighted by Crippen LogP contribution is -2.51. The van der Waals surface area contributed by atoms with E-state index in [4.69, 9.17) is 46.4 Å². The Kier molecular flexibility index (Phi) is 5.60. The van der Waals surface area contributed by atoms with Crippen molar-refractivity contribution in [3.63, 3.8) is 0 Å². The summed E-state index contributed by atoms with van der Waals surface area (Å²) in [6.07, 6.45) is 0. The van der Waals surface area contributed by atoms with E-state index in [9.17, 15) is 9.59 Å². The van der Waals surface area contributed by atoms with Crippen molar-refractivity contribution in [2.24, 2.45) is 0 Å². The van der Waals surface area contributed by atoms with Gasteiger partial charge in [0.15, 0.2) is 4.84 Å². The number of hydrogen-bond acceptors (Lipinski definition) is 2. The normalized spacial score (nSPS) is 15.5. The smallest absolute Gasteiger partial charge is 0.255 e. The second kappa shape index (κ2) is 7.05. The van der Waals surface area contributed by atoms with Gasteiger partial charge in [0.1, 0.15) is 0 Å². The van der Waals surface area contributed by atoms with Crippen LogP contribution in [0.2, 0.25) is 10.0 Å². The van der Waals surface area contributed by atoms with Gasteiger partial charge in [-0.1, -0.05) is 46.4 Å². The van der Waals surface area contributed by atoms with Gasteiger partial charge in [-0.05, 0) is 18.2 Å². The van der Waals surface area contributed by atoms with Crippen molar-refractivity contribution in [1.29, 1.82) is 0 Å². The summed E-state index contributed by atoms with van der Waals surface area (Å²) in [7, 11) is 0. The third kappa shape index (κ3) is 3.95. The Morgan fingerprint density at radius 1 is 0.952 bits per heavy atom. The SMILES string of the molecule is O=C(c1ccc(Cl)c(Cl)c1)N1CCN(C(=O)C(Cl)Cl)CC1. The van der Waals surface area contributed by atoms with Gasteiger partial charge in [0.25, 0.3) is 11.8 Å². The van der Waals surface area contributed by atoms with E-state index < -0.39 is 4.84 Å². The van der Waals surface area contributed by atoms with E-state index in [0.29, 0.717) is 41.8 Å². The van der Waals surface area contributed by atoms with Crippen LogP contribution in [-0.4, -0.2) is 52.6 Å². The molecule has 21 heavy (non-hydrogen) atoms. The molecule has 8 heteroatoms. The second-order valence-corrected chi connectivity index (χ2v) is 6.46. The fourth-order valence-electron chi connectivity index (χ4n) is 2.08. The fraction of sp³-hybridized carbons (Fsp3) is 0.385. The van der Waals surface area contributed by atoms with Crippen LogP contribution in [0.3, 0.4) is 0 Å². The fourth-order valence-corrected chi connectivity index (χ4v) is 2.65. The number of hydrogen-bond donors (Lipinski definition) is 0. The quantitative estimate of drug-likeness (QED) is 0.751. The van der Waals surface area contributed by atoms with Gasteiger partial charge >= 0.3 is 0 Å². The van der Waals surface area contributed by atoms with Crippen molar-refractivity contribution in [1.82, 2.24) is 9.80 Å².